The van der Waals surface area contributed by atoms with E-state index in [4.69, 9.17) is 0 Å². The fourth-order valence-corrected chi connectivity index (χ4v) is 4.40. The Labute approximate surface area is 176 Å². The fourth-order valence-electron chi connectivity index (χ4n) is 3.51. The van der Waals surface area contributed by atoms with Gasteiger partial charge in [0.05, 0.1) is 23.5 Å². The molecule has 0 atom stereocenters. The van der Waals surface area contributed by atoms with Crippen molar-refractivity contribution in [1.82, 2.24) is 14.0 Å². The van der Waals surface area contributed by atoms with E-state index in [1.807, 2.05) is 24.4 Å². The van der Waals surface area contributed by atoms with Crippen LogP contribution in [0.2, 0.25) is 0 Å². The number of amides is 1. The Balaban J connectivity index is 1.84. The summed E-state index contributed by atoms with van der Waals surface area (Å²) in [7, 11) is 1.60. The Hall–Kier alpha value is -3.26. The number of benzene rings is 1. The molecule has 3 heterocycles. The third-order valence-electron chi connectivity index (χ3n) is 5.08. The summed E-state index contributed by atoms with van der Waals surface area (Å²) in [5.41, 5.74) is 3.15. The van der Waals surface area contributed by atoms with Crippen molar-refractivity contribution < 1.29 is 9.18 Å². The van der Waals surface area contributed by atoms with Crippen LogP contribution in [0.4, 0.5) is 10.1 Å². The van der Waals surface area contributed by atoms with Gasteiger partial charge in [0.1, 0.15) is 5.82 Å². The molecule has 0 saturated carbocycles. The van der Waals surface area contributed by atoms with Crippen LogP contribution in [0.15, 0.2) is 47.5 Å². The van der Waals surface area contributed by atoms with Gasteiger partial charge in [-0.25, -0.2) is 9.37 Å². The molecule has 0 aliphatic rings. The summed E-state index contributed by atoms with van der Waals surface area (Å²) in [6.45, 7) is 5.96. The predicted octanol–water partition coefficient (Wildman–Crippen LogP) is 4.01. The lowest BCUT2D eigenvalue weighted by atomic mass is 10.1. The van der Waals surface area contributed by atoms with E-state index in [-0.39, 0.29) is 23.8 Å². The maximum Gasteiger partial charge on any atom is 0.260 e. The summed E-state index contributed by atoms with van der Waals surface area (Å²) in [4.78, 5) is 33.5. The number of thiazole rings is 1. The number of halogens is 1. The van der Waals surface area contributed by atoms with Gasteiger partial charge in [0.15, 0.2) is 4.96 Å². The second-order valence-corrected chi connectivity index (χ2v) is 8.54. The smallest absolute Gasteiger partial charge is 0.260 e. The van der Waals surface area contributed by atoms with Crippen LogP contribution in [0.5, 0.6) is 0 Å². The normalized spacial score (nSPS) is 11.2. The number of pyridine rings is 1. The lowest BCUT2D eigenvalue weighted by molar-refractivity contribution is 0.0983. The van der Waals surface area contributed by atoms with Crippen LogP contribution in [0.3, 0.4) is 0 Å². The van der Waals surface area contributed by atoms with Crippen LogP contribution < -0.4 is 10.5 Å². The molecule has 0 fully saturated rings. The lowest BCUT2D eigenvalue weighted by Crippen LogP contribution is -2.33. The van der Waals surface area contributed by atoms with E-state index in [0.29, 0.717) is 16.8 Å². The molecule has 0 N–H and O–H groups in total. The second kappa shape index (κ2) is 7.53. The van der Waals surface area contributed by atoms with Gasteiger partial charge in [-0.2, -0.15) is 0 Å². The van der Waals surface area contributed by atoms with Crippen LogP contribution in [0.1, 0.15) is 32.2 Å². The van der Waals surface area contributed by atoms with Gasteiger partial charge in [-0.3, -0.25) is 14.0 Å². The van der Waals surface area contributed by atoms with Crippen LogP contribution >= 0.6 is 11.3 Å². The molecule has 3 aromatic heterocycles. The standard InChI is InChI=1S/C22H21FN4O2S/c1-13-9-17(23)6-7-18(13)26(21(29)16-5-8-20(28)25(4)11-16)12-19-15(3)24-22-27(19)10-14(2)30-22/h5-11H,12H2,1-4H3. The minimum absolute atomic E-state index is 0.196. The number of carbonyl (C=O) groups excluding carboxylic acids is 1. The molecule has 4 aromatic rings. The monoisotopic (exact) mass is 424 g/mol. The lowest BCUT2D eigenvalue weighted by Gasteiger charge is -2.25. The van der Waals surface area contributed by atoms with Crippen LogP contribution in [-0.2, 0) is 13.6 Å². The molecule has 4 rings (SSSR count). The summed E-state index contributed by atoms with van der Waals surface area (Å²) >= 11 is 1.58. The number of hydrogen-bond donors (Lipinski definition) is 0. The molecule has 0 bridgehead atoms. The molecule has 1 aromatic carbocycles. The van der Waals surface area contributed by atoms with E-state index in [1.54, 1.807) is 36.3 Å². The quantitative estimate of drug-likeness (QED) is 0.497. The van der Waals surface area contributed by atoms with Gasteiger partial charge in [0, 0.05) is 36.1 Å². The second-order valence-electron chi connectivity index (χ2n) is 7.33. The highest BCUT2D eigenvalue weighted by atomic mass is 32.1. The SMILES string of the molecule is Cc1cn2c(CN(C(=O)c3ccc(=O)n(C)c3)c3ccc(F)cc3C)c(C)nc2s1. The zero-order valence-corrected chi connectivity index (χ0v) is 18.0. The van der Waals surface area contributed by atoms with Crippen LogP contribution in [0, 0.1) is 26.6 Å². The predicted molar refractivity (Wildman–Crippen MR) is 116 cm³/mol. The van der Waals surface area contributed by atoms with Gasteiger partial charge in [-0.15, -0.1) is 11.3 Å². The van der Waals surface area contributed by atoms with E-state index < -0.39 is 0 Å². The molecule has 8 heteroatoms. The Morgan fingerprint density at radius 2 is 1.93 bits per heavy atom. The molecular formula is C22H21FN4O2S. The molecule has 0 spiro atoms. The highest BCUT2D eigenvalue weighted by Crippen LogP contribution is 2.27. The molecule has 154 valence electrons. The Morgan fingerprint density at radius 1 is 1.17 bits per heavy atom. The zero-order chi connectivity index (χ0) is 21.6. The van der Waals surface area contributed by atoms with Crippen LogP contribution in [-0.4, -0.2) is 19.9 Å². The van der Waals surface area contributed by atoms with E-state index >= 15 is 0 Å². The van der Waals surface area contributed by atoms with Gasteiger partial charge < -0.3 is 9.47 Å². The molecule has 1 amide bonds. The topological polar surface area (TPSA) is 59.6 Å². The number of anilines is 1. The van der Waals surface area contributed by atoms with Crippen molar-refractivity contribution in [3.63, 3.8) is 0 Å². The number of imidazole rings is 1. The Bertz CT molecular complexity index is 1330. The van der Waals surface area contributed by atoms with Crippen LogP contribution in [0.25, 0.3) is 4.96 Å². The number of fused-ring (bicyclic) bond motifs is 1. The first-order chi connectivity index (χ1) is 14.2. The third-order valence-corrected chi connectivity index (χ3v) is 5.97. The van der Waals surface area contributed by atoms with Gasteiger partial charge >= 0.3 is 0 Å². The fraction of sp³-hybridized carbons (Fsp3) is 0.227. The minimum Gasteiger partial charge on any atom is -0.318 e. The third kappa shape index (κ3) is 3.54. The van der Waals surface area contributed by atoms with Gasteiger partial charge in [-0.1, -0.05) is 0 Å². The Kier molecular flexibility index (Phi) is 5.03. The molecule has 0 unspecified atom stereocenters. The summed E-state index contributed by atoms with van der Waals surface area (Å²) in [6, 6.07) is 7.25. The molecular weight excluding hydrogens is 403 g/mol. The summed E-state index contributed by atoms with van der Waals surface area (Å²) < 4.78 is 17.1. The highest BCUT2D eigenvalue weighted by molar-refractivity contribution is 7.17. The van der Waals surface area contributed by atoms with E-state index in [1.165, 1.54) is 35.0 Å². The minimum atomic E-state index is -0.359. The number of aryl methyl sites for hydroxylation is 4. The first kappa shape index (κ1) is 20.0. The molecule has 30 heavy (non-hydrogen) atoms. The molecule has 6 nitrogen and oxygen atoms in total. The maximum absolute atomic E-state index is 13.7. The van der Waals surface area contributed by atoms with E-state index in [0.717, 1.165) is 21.2 Å². The molecule has 0 aliphatic carbocycles. The highest BCUT2D eigenvalue weighted by Gasteiger charge is 2.24. The van der Waals surface area contributed by atoms with Crippen molar-refractivity contribution in [2.75, 3.05) is 4.90 Å². The number of hydrogen-bond acceptors (Lipinski definition) is 4. The van der Waals surface area contributed by atoms with Crippen molar-refractivity contribution in [2.24, 2.45) is 7.05 Å². The van der Waals surface area contributed by atoms with Crippen molar-refractivity contribution in [3.8, 4) is 0 Å². The average molecular weight is 425 g/mol. The largest absolute Gasteiger partial charge is 0.318 e. The van der Waals surface area contributed by atoms with Gasteiger partial charge in [0.25, 0.3) is 5.91 Å². The van der Waals surface area contributed by atoms with Crippen molar-refractivity contribution in [2.45, 2.75) is 27.3 Å². The van der Waals surface area contributed by atoms with Crippen molar-refractivity contribution >= 4 is 27.9 Å². The zero-order valence-electron chi connectivity index (χ0n) is 17.1. The number of nitrogens with zero attached hydrogens (tertiary/aromatic N) is 4. The van der Waals surface area contributed by atoms with Gasteiger partial charge in [0.2, 0.25) is 5.56 Å². The Morgan fingerprint density at radius 3 is 2.63 bits per heavy atom. The molecule has 0 saturated heterocycles. The molecule has 0 aliphatic heterocycles. The molecule has 0 radical (unpaired) electrons. The van der Waals surface area contributed by atoms with Crippen molar-refractivity contribution in [1.29, 1.82) is 0 Å². The average Bonchev–Trinajstić information content (AvgIpc) is 3.17. The number of rotatable bonds is 4. The van der Waals surface area contributed by atoms with Crippen molar-refractivity contribution in [3.05, 3.63) is 86.3 Å². The maximum atomic E-state index is 13.7. The van der Waals surface area contributed by atoms with Gasteiger partial charge in [-0.05, 0) is 50.6 Å². The first-order valence-corrected chi connectivity index (χ1v) is 10.2. The van der Waals surface area contributed by atoms with E-state index in [2.05, 4.69) is 4.98 Å². The number of aromatic nitrogens is 3. The first-order valence-electron chi connectivity index (χ1n) is 9.43. The number of carbonyl (C=O) groups is 1. The van der Waals surface area contributed by atoms with E-state index in [9.17, 15) is 14.0 Å². The summed E-state index contributed by atoms with van der Waals surface area (Å²) in [5, 5.41) is 0. The summed E-state index contributed by atoms with van der Waals surface area (Å²) in [5.74, 6) is -0.635. The summed E-state index contributed by atoms with van der Waals surface area (Å²) in [6.07, 6.45) is 3.52.